The van der Waals surface area contributed by atoms with Crippen LogP contribution in [-0.4, -0.2) is 39.6 Å². The van der Waals surface area contributed by atoms with Crippen LogP contribution in [0, 0.1) is 15.9 Å². The van der Waals surface area contributed by atoms with E-state index in [1.54, 1.807) is 0 Å². The molecule has 29 heavy (non-hydrogen) atoms. The van der Waals surface area contributed by atoms with Gasteiger partial charge in [-0.15, -0.1) is 0 Å². The number of rotatable bonds is 5. The van der Waals surface area contributed by atoms with Gasteiger partial charge in [0.05, 0.1) is 17.0 Å². The van der Waals surface area contributed by atoms with E-state index in [1.165, 1.54) is 48.5 Å². The van der Waals surface area contributed by atoms with Crippen LogP contribution in [0.5, 0.6) is 0 Å². The molecule has 0 aliphatic carbocycles. The van der Waals surface area contributed by atoms with Crippen molar-refractivity contribution in [3.8, 4) is 0 Å². The zero-order valence-electron chi connectivity index (χ0n) is 15.5. The fourth-order valence-corrected chi connectivity index (χ4v) is 3.72. The normalized spacial score (nSPS) is 16.9. The minimum Gasteiger partial charge on any atom is -0.366 e. The Hall–Kier alpha value is -3.55. The molecule has 1 saturated heterocycles. The molecule has 0 unspecified atom stereocenters. The predicted octanol–water partition coefficient (Wildman–Crippen LogP) is 3.11. The van der Waals surface area contributed by atoms with E-state index in [1.807, 2.05) is 4.90 Å². The van der Waals surface area contributed by atoms with Gasteiger partial charge in [-0.2, -0.15) is 0 Å². The number of non-ortho nitro benzene ring substituents is 1. The number of hydrogen-bond acceptors (Lipinski definition) is 5. The number of carbonyl (C=O) groups is 2. The maximum atomic E-state index is 13.2. The number of amides is 2. The number of nitrogens with zero attached hydrogens (tertiary/aromatic N) is 3. The van der Waals surface area contributed by atoms with Crippen molar-refractivity contribution in [3.63, 3.8) is 0 Å². The second kappa shape index (κ2) is 7.46. The van der Waals surface area contributed by atoms with Gasteiger partial charge in [-0.05, 0) is 48.2 Å². The molecule has 7 nitrogen and oxygen atoms in total. The number of imide groups is 1. The van der Waals surface area contributed by atoms with Crippen molar-refractivity contribution < 1.29 is 18.9 Å². The molecular formula is C21H18FN3O4. The number of nitro groups is 1. The molecule has 0 radical (unpaired) electrons. The Labute approximate surface area is 166 Å². The van der Waals surface area contributed by atoms with E-state index in [9.17, 15) is 24.1 Å². The highest BCUT2D eigenvalue weighted by molar-refractivity contribution is 6.35. The summed E-state index contributed by atoms with van der Waals surface area (Å²) in [4.78, 5) is 39.8. The number of hydrogen-bond donors (Lipinski definition) is 0. The molecule has 2 heterocycles. The highest BCUT2D eigenvalue weighted by Gasteiger charge is 2.42. The molecule has 0 N–H and O–H groups in total. The lowest BCUT2D eigenvalue weighted by Crippen LogP contribution is -2.34. The zero-order valence-corrected chi connectivity index (χ0v) is 15.5. The molecule has 8 heteroatoms. The molecule has 2 amide bonds. The third kappa shape index (κ3) is 3.49. The molecule has 2 aliphatic rings. The van der Waals surface area contributed by atoms with Gasteiger partial charge < -0.3 is 4.90 Å². The number of benzene rings is 2. The van der Waals surface area contributed by atoms with E-state index in [2.05, 4.69) is 0 Å². The maximum Gasteiger partial charge on any atom is 0.278 e. The lowest BCUT2D eigenvalue weighted by atomic mass is 10.0. The van der Waals surface area contributed by atoms with Gasteiger partial charge in [0.2, 0.25) is 0 Å². The van der Waals surface area contributed by atoms with Gasteiger partial charge >= 0.3 is 0 Å². The summed E-state index contributed by atoms with van der Waals surface area (Å²) in [7, 11) is 0. The van der Waals surface area contributed by atoms with E-state index < -0.39 is 22.6 Å². The quantitative estimate of drug-likeness (QED) is 0.441. The smallest absolute Gasteiger partial charge is 0.278 e. The van der Waals surface area contributed by atoms with Crippen LogP contribution in [0.1, 0.15) is 24.0 Å². The molecule has 0 spiro atoms. The number of nitro benzene ring substituents is 1. The second-order valence-corrected chi connectivity index (χ2v) is 7.04. The molecule has 2 aliphatic heterocycles. The van der Waals surface area contributed by atoms with Crippen LogP contribution >= 0.6 is 0 Å². The van der Waals surface area contributed by atoms with Crippen LogP contribution in [0.25, 0.3) is 5.57 Å². The van der Waals surface area contributed by atoms with E-state index >= 15 is 0 Å². The van der Waals surface area contributed by atoms with E-state index in [0.717, 1.165) is 17.7 Å². The molecule has 4 rings (SSSR count). The van der Waals surface area contributed by atoms with Crippen LogP contribution < -0.4 is 0 Å². The summed E-state index contributed by atoms with van der Waals surface area (Å²) in [6.07, 6.45) is 1.85. The molecule has 1 fully saturated rings. The molecule has 2 aromatic rings. The Morgan fingerprint density at radius 2 is 1.55 bits per heavy atom. The van der Waals surface area contributed by atoms with E-state index in [-0.39, 0.29) is 17.8 Å². The molecular weight excluding hydrogens is 377 g/mol. The van der Waals surface area contributed by atoms with E-state index in [4.69, 9.17) is 0 Å². The molecule has 148 valence electrons. The maximum absolute atomic E-state index is 13.2. The molecule has 0 aromatic heterocycles. The largest absolute Gasteiger partial charge is 0.366 e. The van der Waals surface area contributed by atoms with Crippen molar-refractivity contribution in [2.24, 2.45) is 0 Å². The van der Waals surface area contributed by atoms with Gasteiger partial charge in [-0.1, -0.05) is 12.1 Å². The van der Waals surface area contributed by atoms with Crippen LogP contribution in [0.15, 0.2) is 54.2 Å². The summed E-state index contributed by atoms with van der Waals surface area (Å²) in [5, 5.41) is 10.9. The van der Waals surface area contributed by atoms with Gasteiger partial charge in [0, 0.05) is 25.2 Å². The van der Waals surface area contributed by atoms with Crippen molar-refractivity contribution in [3.05, 3.63) is 81.3 Å². The Morgan fingerprint density at radius 1 is 0.931 bits per heavy atom. The Balaban J connectivity index is 1.72. The van der Waals surface area contributed by atoms with Crippen molar-refractivity contribution in [1.29, 1.82) is 0 Å². The number of likely N-dealkylation sites (tertiary alicyclic amines) is 1. The van der Waals surface area contributed by atoms with Gasteiger partial charge in [-0.25, -0.2) is 4.39 Å². The molecule has 0 atom stereocenters. The van der Waals surface area contributed by atoms with Crippen LogP contribution in [0.4, 0.5) is 10.1 Å². The monoisotopic (exact) mass is 395 g/mol. The topological polar surface area (TPSA) is 83.8 Å². The summed E-state index contributed by atoms with van der Waals surface area (Å²) in [6.45, 7) is 1.39. The lowest BCUT2D eigenvalue weighted by molar-refractivity contribution is -0.384. The van der Waals surface area contributed by atoms with Crippen molar-refractivity contribution in [2.45, 2.75) is 19.4 Å². The molecule has 2 aromatic carbocycles. The Bertz CT molecular complexity index is 1010. The van der Waals surface area contributed by atoms with Crippen LogP contribution in [0.2, 0.25) is 0 Å². The summed E-state index contributed by atoms with van der Waals surface area (Å²) < 4.78 is 13.2. The van der Waals surface area contributed by atoms with Crippen molar-refractivity contribution in [1.82, 2.24) is 9.80 Å². The van der Waals surface area contributed by atoms with E-state index in [0.29, 0.717) is 29.9 Å². The Kier molecular flexibility index (Phi) is 4.84. The summed E-state index contributed by atoms with van der Waals surface area (Å²) >= 11 is 0. The summed E-state index contributed by atoms with van der Waals surface area (Å²) in [5.74, 6) is -1.24. The average Bonchev–Trinajstić information content (AvgIpc) is 3.32. The minimum atomic E-state index is -0.512. The number of halogens is 1. The summed E-state index contributed by atoms with van der Waals surface area (Å²) in [5.41, 5.74) is 1.62. The fourth-order valence-electron chi connectivity index (χ4n) is 3.72. The fraction of sp³-hybridized carbons (Fsp3) is 0.238. The highest BCUT2D eigenvalue weighted by atomic mass is 19.1. The molecule has 0 bridgehead atoms. The Morgan fingerprint density at radius 3 is 2.14 bits per heavy atom. The van der Waals surface area contributed by atoms with Crippen LogP contribution in [-0.2, 0) is 16.1 Å². The average molecular weight is 395 g/mol. The van der Waals surface area contributed by atoms with Crippen molar-refractivity contribution in [2.75, 3.05) is 13.1 Å². The second-order valence-electron chi connectivity index (χ2n) is 7.04. The third-order valence-electron chi connectivity index (χ3n) is 5.19. The number of carbonyl (C=O) groups excluding carboxylic acids is 2. The van der Waals surface area contributed by atoms with Gasteiger partial charge in [0.1, 0.15) is 11.5 Å². The first kappa shape index (κ1) is 18.8. The zero-order chi connectivity index (χ0) is 20.5. The summed E-state index contributed by atoms with van der Waals surface area (Å²) in [6, 6.07) is 11.3. The van der Waals surface area contributed by atoms with Crippen LogP contribution in [0.3, 0.4) is 0 Å². The SMILES string of the molecule is O=C1C(c2ccc([N+](=O)[O-])cc2)=C(N2CCCC2)C(=O)N1Cc1ccc(F)cc1. The first-order chi connectivity index (χ1) is 14.0. The first-order valence-corrected chi connectivity index (χ1v) is 9.30. The standard InChI is InChI=1S/C21H18FN3O4/c22-16-7-3-14(4-8-16)13-24-20(26)18(15-5-9-17(10-6-15)25(28)29)19(21(24)27)23-11-1-2-12-23/h3-10H,1-2,11-13H2. The first-order valence-electron chi connectivity index (χ1n) is 9.30. The van der Waals surface area contributed by atoms with Gasteiger partial charge in [-0.3, -0.25) is 24.6 Å². The minimum absolute atomic E-state index is 0.0335. The van der Waals surface area contributed by atoms with Gasteiger partial charge in [0.15, 0.2) is 0 Å². The third-order valence-corrected chi connectivity index (χ3v) is 5.19. The lowest BCUT2D eigenvalue weighted by Gasteiger charge is -2.20. The predicted molar refractivity (Wildman–Crippen MR) is 103 cm³/mol. The van der Waals surface area contributed by atoms with Gasteiger partial charge in [0.25, 0.3) is 17.5 Å². The molecule has 0 saturated carbocycles. The van der Waals surface area contributed by atoms with Crippen molar-refractivity contribution >= 4 is 23.1 Å². The highest BCUT2D eigenvalue weighted by Crippen LogP contribution is 2.34.